The Morgan fingerprint density at radius 2 is 1.67 bits per heavy atom. The molecule has 0 bridgehead atoms. The monoisotopic (exact) mass is 594 g/mol. The van der Waals surface area contributed by atoms with E-state index in [9.17, 15) is 18.0 Å². The van der Waals surface area contributed by atoms with Crippen LogP contribution in [0.5, 0.6) is 11.5 Å². The SMILES string of the molecule is COc1cc2c(-c3ccc(NC(=O)Nc4cccc(C(F)(F)F)c4)cc3)ncnc2cc1OCCCN1CCN(C)CC1. The fourth-order valence-corrected chi connectivity index (χ4v) is 4.89. The molecule has 2 N–H and O–H groups in total. The minimum atomic E-state index is -4.50. The molecule has 1 aliphatic heterocycles. The molecule has 3 aromatic carbocycles. The number of alkyl halides is 3. The highest BCUT2D eigenvalue weighted by molar-refractivity contribution is 6.00. The fourth-order valence-electron chi connectivity index (χ4n) is 4.89. The van der Waals surface area contributed by atoms with Crippen LogP contribution in [-0.2, 0) is 6.18 Å². The predicted molar refractivity (Wildman–Crippen MR) is 160 cm³/mol. The summed E-state index contributed by atoms with van der Waals surface area (Å²) in [4.78, 5) is 26.1. The normalized spacial score (nSPS) is 14.4. The number of rotatable bonds is 9. The average Bonchev–Trinajstić information content (AvgIpc) is 2.99. The summed E-state index contributed by atoms with van der Waals surface area (Å²) in [6.45, 7) is 5.84. The Labute approximate surface area is 247 Å². The van der Waals surface area contributed by atoms with Gasteiger partial charge in [-0.1, -0.05) is 18.2 Å². The maximum absolute atomic E-state index is 13.0. The third kappa shape index (κ3) is 7.70. The van der Waals surface area contributed by atoms with E-state index in [1.807, 2.05) is 12.1 Å². The zero-order chi connectivity index (χ0) is 30.4. The molecule has 1 aliphatic rings. The second kappa shape index (κ2) is 13.3. The first-order valence-electron chi connectivity index (χ1n) is 13.9. The molecule has 9 nitrogen and oxygen atoms in total. The van der Waals surface area contributed by atoms with Crippen LogP contribution in [0.25, 0.3) is 22.2 Å². The Morgan fingerprint density at radius 3 is 2.40 bits per heavy atom. The quantitative estimate of drug-likeness (QED) is 0.230. The molecular weight excluding hydrogens is 561 g/mol. The zero-order valence-electron chi connectivity index (χ0n) is 23.9. The predicted octanol–water partition coefficient (Wildman–Crippen LogP) is 5.98. The third-order valence-corrected chi connectivity index (χ3v) is 7.26. The van der Waals surface area contributed by atoms with Crippen molar-refractivity contribution in [2.24, 2.45) is 0 Å². The molecule has 1 aromatic heterocycles. The van der Waals surface area contributed by atoms with Gasteiger partial charge >= 0.3 is 12.2 Å². The van der Waals surface area contributed by atoms with Gasteiger partial charge in [-0.15, -0.1) is 0 Å². The van der Waals surface area contributed by atoms with Gasteiger partial charge in [-0.2, -0.15) is 13.2 Å². The molecule has 0 atom stereocenters. The largest absolute Gasteiger partial charge is 0.493 e. The minimum absolute atomic E-state index is 0.0312. The highest BCUT2D eigenvalue weighted by Gasteiger charge is 2.30. The number of likely N-dealkylation sites (N-methyl/N-ethyl adjacent to an activating group) is 1. The van der Waals surface area contributed by atoms with Crippen molar-refractivity contribution in [2.45, 2.75) is 12.6 Å². The van der Waals surface area contributed by atoms with Crippen molar-refractivity contribution in [1.82, 2.24) is 19.8 Å². The molecule has 4 aromatic rings. The number of piperazine rings is 1. The van der Waals surface area contributed by atoms with Crippen molar-refractivity contribution in [2.75, 3.05) is 64.1 Å². The maximum Gasteiger partial charge on any atom is 0.416 e. The number of benzene rings is 3. The summed E-state index contributed by atoms with van der Waals surface area (Å²) < 4.78 is 50.6. The van der Waals surface area contributed by atoms with Crippen LogP contribution >= 0.6 is 0 Å². The highest BCUT2D eigenvalue weighted by atomic mass is 19.4. The molecule has 0 aliphatic carbocycles. The Morgan fingerprint density at radius 1 is 0.930 bits per heavy atom. The number of carbonyl (C=O) groups excluding carboxylic acids is 1. The Balaban J connectivity index is 1.23. The standard InChI is InChI=1S/C31H33F3N6O3/c1-39-12-14-40(15-13-39)11-4-16-43-28-19-26-25(18-27(28)42-2)29(36-20-35-26)21-7-9-23(10-8-21)37-30(41)38-24-6-3-5-22(17-24)31(32,33)34/h3,5-10,17-20H,4,11-16H2,1-2H3,(H2,37,38,41). The van der Waals surface area contributed by atoms with Crippen LogP contribution in [0.2, 0.25) is 0 Å². The van der Waals surface area contributed by atoms with Crippen molar-refractivity contribution in [3.63, 3.8) is 0 Å². The summed E-state index contributed by atoms with van der Waals surface area (Å²) in [5, 5.41) is 5.83. The van der Waals surface area contributed by atoms with Gasteiger partial charge in [-0.25, -0.2) is 14.8 Å². The Kier molecular flexibility index (Phi) is 9.27. The van der Waals surface area contributed by atoms with Gasteiger partial charge in [0.05, 0.1) is 30.5 Å². The van der Waals surface area contributed by atoms with Crippen LogP contribution in [0.3, 0.4) is 0 Å². The number of hydrogen-bond acceptors (Lipinski definition) is 7. The lowest BCUT2D eigenvalue weighted by molar-refractivity contribution is -0.137. The minimum Gasteiger partial charge on any atom is -0.493 e. The Bertz CT molecular complexity index is 1560. The molecule has 1 saturated heterocycles. The number of anilines is 2. The summed E-state index contributed by atoms with van der Waals surface area (Å²) in [6.07, 6.45) is -2.12. The first-order valence-corrected chi connectivity index (χ1v) is 13.9. The number of urea groups is 1. The number of amides is 2. The zero-order valence-corrected chi connectivity index (χ0v) is 23.9. The second-order valence-electron chi connectivity index (χ2n) is 10.3. The van der Waals surface area contributed by atoms with Crippen molar-refractivity contribution in [3.8, 4) is 22.8 Å². The fraction of sp³-hybridized carbons (Fsp3) is 0.323. The molecule has 0 radical (unpaired) electrons. The van der Waals surface area contributed by atoms with Gasteiger partial charge in [0, 0.05) is 61.1 Å². The molecule has 2 amide bonds. The van der Waals surface area contributed by atoms with Gasteiger partial charge in [0.2, 0.25) is 0 Å². The van der Waals surface area contributed by atoms with E-state index < -0.39 is 17.8 Å². The molecule has 12 heteroatoms. The number of aromatic nitrogens is 2. The second-order valence-corrected chi connectivity index (χ2v) is 10.3. The van der Waals surface area contributed by atoms with Crippen LogP contribution in [0.15, 0.2) is 67.0 Å². The molecule has 226 valence electrons. The van der Waals surface area contributed by atoms with Crippen LogP contribution in [-0.4, -0.2) is 79.3 Å². The van der Waals surface area contributed by atoms with Crippen molar-refractivity contribution < 1.29 is 27.4 Å². The van der Waals surface area contributed by atoms with E-state index in [4.69, 9.17) is 9.47 Å². The van der Waals surface area contributed by atoms with E-state index in [0.717, 1.165) is 62.2 Å². The van der Waals surface area contributed by atoms with E-state index in [-0.39, 0.29) is 5.69 Å². The lowest BCUT2D eigenvalue weighted by Gasteiger charge is -2.32. The number of methoxy groups -OCH3 is 1. The van der Waals surface area contributed by atoms with Crippen LogP contribution in [0, 0.1) is 0 Å². The number of ether oxygens (including phenoxy) is 2. The molecule has 1 fully saturated rings. The van der Waals surface area contributed by atoms with E-state index >= 15 is 0 Å². The summed E-state index contributed by atoms with van der Waals surface area (Å²) in [5.74, 6) is 1.19. The van der Waals surface area contributed by atoms with E-state index in [2.05, 4.69) is 37.4 Å². The van der Waals surface area contributed by atoms with E-state index in [1.165, 1.54) is 18.5 Å². The smallest absolute Gasteiger partial charge is 0.416 e. The number of nitrogens with zero attached hydrogens (tertiary/aromatic N) is 4. The maximum atomic E-state index is 13.0. The molecule has 43 heavy (non-hydrogen) atoms. The number of nitrogens with one attached hydrogen (secondary N) is 2. The molecular formula is C31H33F3N6O3. The van der Waals surface area contributed by atoms with E-state index in [1.54, 1.807) is 31.4 Å². The molecule has 0 saturated carbocycles. The van der Waals surface area contributed by atoms with Crippen LogP contribution in [0.1, 0.15) is 12.0 Å². The number of carbonyl (C=O) groups is 1. The molecule has 2 heterocycles. The van der Waals surface area contributed by atoms with Gasteiger partial charge < -0.3 is 29.9 Å². The van der Waals surface area contributed by atoms with Gasteiger partial charge in [-0.05, 0) is 49.9 Å². The summed E-state index contributed by atoms with van der Waals surface area (Å²) >= 11 is 0. The average molecular weight is 595 g/mol. The first-order chi connectivity index (χ1) is 20.7. The molecule has 0 spiro atoms. The number of fused-ring (bicyclic) bond motifs is 1. The molecule has 0 unspecified atom stereocenters. The van der Waals surface area contributed by atoms with Crippen molar-refractivity contribution in [3.05, 3.63) is 72.6 Å². The van der Waals surface area contributed by atoms with Gasteiger partial charge in [0.15, 0.2) is 11.5 Å². The van der Waals surface area contributed by atoms with Crippen LogP contribution in [0.4, 0.5) is 29.3 Å². The lowest BCUT2D eigenvalue weighted by Crippen LogP contribution is -2.44. The summed E-state index contributed by atoms with van der Waals surface area (Å²) in [6, 6.07) is 14.4. The van der Waals surface area contributed by atoms with E-state index in [0.29, 0.717) is 35.0 Å². The van der Waals surface area contributed by atoms with Gasteiger partial charge in [-0.3, -0.25) is 0 Å². The van der Waals surface area contributed by atoms with Gasteiger partial charge in [0.1, 0.15) is 6.33 Å². The summed E-state index contributed by atoms with van der Waals surface area (Å²) in [7, 11) is 3.73. The van der Waals surface area contributed by atoms with Crippen molar-refractivity contribution >= 4 is 28.3 Å². The van der Waals surface area contributed by atoms with Crippen LogP contribution < -0.4 is 20.1 Å². The number of halogens is 3. The third-order valence-electron chi connectivity index (χ3n) is 7.26. The van der Waals surface area contributed by atoms with Gasteiger partial charge in [0.25, 0.3) is 0 Å². The Hall–Kier alpha value is -4.42. The highest BCUT2D eigenvalue weighted by Crippen LogP contribution is 2.36. The summed E-state index contributed by atoms with van der Waals surface area (Å²) in [5.41, 5.74) is 1.79. The molecule has 5 rings (SSSR count). The van der Waals surface area contributed by atoms with Crippen molar-refractivity contribution in [1.29, 1.82) is 0 Å². The lowest BCUT2D eigenvalue weighted by atomic mass is 10.1. The first kappa shape index (κ1) is 30.1. The number of hydrogen-bond donors (Lipinski definition) is 2. The topological polar surface area (TPSA) is 91.8 Å².